The molecule has 21 heavy (non-hydrogen) atoms. The first-order valence-corrected chi connectivity index (χ1v) is 7.95. The highest BCUT2D eigenvalue weighted by Crippen LogP contribution is 2.21. The fourth-order valence-electron chi connectivity index (χ4n) is 3.06. The van der Waals surface area contributed by atoms with E-state index in [1.165, 1.54) is 6.42 Å². The second-order valence-electron chi connectivity index (χ2n) is 5.90. The third kappa shape index (κ3) is 4.84. The predicted octanol–water partition coefficient (Wildman–Crippen LogP) is 2.25. The number of aromatic nitrogens is 2. The molecule has 1 atom stereocenters. The first kappa shape index (κ1) is 16.0. The van der Waals surface area contributed by atoms with Gasteiger partial charge in [0.15, 0.2) is 0 Å². The Morgan fingerprint density at radius 3 is 3.10 bits per heavy atom. The lowest BCUT2D eigenvalue weighted by molar-refractivity contribution is -0.133. The van der Waals surface area contributed by atoms with Crippen LogP contribution in [0.15, 0.2) is 12.4 Å². The van der Waals surface area contributed by atoms with Crippen LogP contribution in [0.1, 0.15) is 37.9 Å². The number of carbonyl (C=O) groups excluding carboxylic acids is 1. The van der Waals surface area contributed by atoms with E-state index in [-0.39, 0.29) is 5.91 Å². The molecular formula is C16H27N3O2. The maximum Gasteiger partial charge on any atom is 0.224 e. The van der Waals surface area contributed by atoms with Gasteiger partial charge >= 0.3 is 0 Å². The van der Waals surface area contributed by atoms with E-state index >= 15 is 0 Å². The van der Waals surface area contributed by atoms with Crippen molar-refractivity contribution in [1.29, 1.82) is 0 Å². The molecule has 1 fully saturated rings. The lowest BCUT2D eigenvalue weighted by atomic mass is 9.93. The van der Waals surface area contributed by atoms with Gasteiger partial charge in [-0.05, 0) is 38.5 Å². The zero-order valence-electron chi connectivity index (χ0n) is 13.3. The molecule has 0 spiro atoms. The van der Waals surface area contributed by atoms with Gasteiger partial charge in [-0.2, -0.15) is 0 Å². The van der Waals surface area contributed by atoms with Crippen LogP contribution >= 0.6 is 0 Å². The van der Waals surface area contributed by atoms with Crippen molar-refractivity contribution in [2.45, 2.75) is 45.6 Å². The van der Waals surface area contributed by atoms with Crippen molar-refractivity contribution in [3.05, 3.63) is 18.2 Å². The molecule has 1 amide bonds. The number of rotatable bonds is 7. The van der Waals surface area contributed by atoms with Gasteiger partial charge in [-0.3, -0.25) is 4.79 Å². The number of amides is 1. The lowest BCUT2D eigenvalue weighted by Crippen LogP contribution is -2.40. The van der Waals surface area contributed by atoms with E-state index in [1.54, 1.807) is 13.3 Å². The van der Waals surface area contributed by atoms with Crippen LogP contribution in [0, 0.1) is 12.8 Å². The maximum atomic E-state index is 12.3. The summed E-state index contributed by atoms with van der Waals surface area (Å²) in [5.74, 6) is 1.89. The van der Waals surface area contributed by atoms with Gasteiger partial charge in [0.2, 0.25) is 5.91 Å². The third-order valence-electron chi connectivity index (χ3n) is 4.32. The van der Waals surface area contributed by atoms with Crippen molar-refractivity contribution < 1.29 is 9.53 Å². The first-order chi connectivity index (χ1) is 10.2. The summed E-state index contributed by atoms with van der Waals surface area (Å²) in [4.78, 5) is 18.6. The molecule has 0 N–H and O–H groups in total. The number of likely N-dealkylation sites (tertiary alicyclic amines) is 1. The smallest absolute Gasteiger partial charge is 0.224 e. The largest absolute Gasteiger partial charge is 0.385 e. The summed E-state index contributed by atoms with van der Waals surface area (Å²) in [6, 6.07) is 0. The average molecular weight is 293 g/mol. The molecule has 0 saturated carbocycles. The highest BCUT2D eigenvalue weighted by molar-refractivity contribution is 5.76. The molecule has 0 bridgehead atoms. The number of piperidine rings is 1. The minimum absolute atomic E-state index is 0.277. The minimum Gasteiger partial charge on any atom is -0.385 e. The van der Waals surface area contributed by atoms with Crippen molar-refractivity contribution in [3.63, 3.8) is 0 Å². The van der Waals surface area contributed by atoms with Gasteiger partial charge < -0.3 is 14.2 Å². The number of carbonyl (C=O) groups is 1. The first-order valence-electron chi connectivity index (χ1n) is 7.95. The molecule has 0 radical (unpaired) electrons. The quantitative estimate of drug-likeness (QED) is 0.724. The van der Waals surface area contributed by atoms with Crippen LogP contribution in [0.5, 0.6) is 0 Å². The molecule has 0 unspecified atom stereocenters. The summed E-state index contributed by atoms with van der Waals surface area (Å²) in [6.45, 7) is 5.37. The topological polar surface area (TPSA) is 47.4 Å². The molecule has 118 valence electrons. The van der Waals surface area contributed by atoms with Crippen LogP contribution in [0.3, 0.4) is 0 Å². The summed E-state index contributed by atoms with van der Waals surface area (Å²) in [6.07, 6.45) is 8.93. The molecule has 1 aliphatic heterocycles. The number of ether oxygens (including phenoxy) is 1. The summed E-state index contributed by atoms with van der Waals surface area (Å²) in [5.41, 5.74) is 0. The molecule has 0 aromatic carbocycles. The van der Waals surface area contributed by atoms with Crippen molar-refractivity contribution >= 4 is 5.91 Å². The van der Waals surface area contributed by atoms with Crippen LogP contribution in [0.2, 0.25) is 0 Å². The highest BCUT2D eigenvalue weighted by Gasteiger charge is 2.23. The fourth-order valence-corrected chi connectivity index (χ4v) is 3.06. The van der Waals surface area contributed by atoms with Crippen molar-refractivity contribution in [2.75, 3.05) is 26.8 Å². The van der Waals surface area contributed by atoms with E-state index in [4.69, 9.17) is 4.74 Å². The van der Waals surface area contributed by atoms with Crippen molar-refractivity contribution in [3.8, 4) is 0 Å². The number of methoxy groups -OCH3 is 1. The Morgan fingerprint density at radius 1 is 1.52 bits per heavy atom. The zero-order valence-corrected chi connectivity index (χ0v) is 13.3. The zero-order chi connectivity index (χ0) is 15.1. The van der Waals surface area contributed by atoms with Crippen LogP contribution < -0.4 is 0 Å². The van der Waals surface area contributed by atoms with Crippen LogP contribution in [-0.4, -0.2) is 47.2 Å². The second kappa shape index (κ2) is 8.17. The summed E-state index contributed by atoms with van der Waals surface area (Å²) in [7, 11) is 1.74. The second-order valence-corrected chi connectivity index (χ2v) is 5.90. The standard InChI is InChI=1S/C16H27N3O2/c1-14-17-8-11-18(14)10-7-16(20)19-9-3-5-15(13-19)6-4-12-21-2/h8,11,15H,3-7,9-10,12-13H2,1-2H3/t15-/m0/s1. The SMILES string of the molecule is COCCC[C@@H]1CCCN(C(=O)CCn2ccnc2C)C1. The van der Waals surface area contributed by atoms with Crippen molar-refractivity contribution in [2.24, 2.45) is 5.92 Å². The molecule has 1 aliphatic rings. The predicted molar refractivity (Wildman–Crippen MR) is 82.0 cm³/mol. The Balaban J connectivity index is 1.75. The Labute approximate surface area is 127 Å². The molecule has 1 saturated heterocycles. The summed E-state index contributed by atoms with van der Waals surface area (Å²) in [5, 5.41) is 0. The monoisotopic (exact) mass is 293 g/mol. The van der Waals surface area contributed by atoms with E-state index in [9.17, 15) is 4.79 Å². The van der Waals surface area contributed by atoms with E-state index in [1.807, 2.05) is 22.6 Å². The van der Waals surface area contributed by atoms with Crippen LogP contribution in [0.4, 0.5) is 0 Å². The van der Waals surface area contributed by atoms with Gasteiger partial charge in [0.05, 0.1) is 0 Å². The molecule has 0 aliphatic carbocycles. The Bertz CT molecular complexity index is 444. The van der Waals surface area contributed by atoms with Gasteiger partial charge in [-0.15, -0.1) is 0 Å². The average Bonchev–Trinajstić information content (AvgIpc) is 2.91. The Kier molecular flexibility index (Phi) is 6.23. The minimum atomic E-state index is 0.277. The van der Waals surface area contributed by atoms with E-state index in [0.717, 1.165) is 51.3 Å². The molecular weight excluding hydrogens is 266 g/mol. The van der Waals surface area contributed by atoms with E-state index in [2.05, 4.69) is 4.98 Å². The van der Waals surface area contributed by atoms with Gasteiger partial charge in [0, 0.05) is 52.2 Å². The Hall–Kier alpha value is -1.36. The molecule has 5 nitrogen and oxygen atoms in total. The van der Waals surface area contributed by atoms with Gasteiger partial charge in [0.25, 0.3) is 0 Å². The molecule has 1 aromatic heterocycles. The molecule has 2 rings (SSSR count). The highest BCUT2D eigenvalue weighted by atomic mass is 16.5. The van der Waals surface area contributed by atoms with Crippen LogP contribution in [-0.2, 0) is 16.1 Å². The fraction of sp³-hybridized carbons (Fsp3) is 0.750. The van der Waals surface area contributed by atoms with Gasteiger partial charge in [-0.25, -0.2) is 4.98 Å². The van der Waals surface area contributed by atoms with E-state index in [0.29, 0.717) is 12.3 Å². The molecule has 5 heteroatoms. The summed E-state index contributed by atoms with van der Waals surface area (Å²) >= 11 is 0. The van der Waals surface area contributed by atoms with Gasteiger partial charge in [0.1, 0.15) is 5.82 Å². The maximum absolute atomic E-state index is 12.3. The number of imidazole rings is 1. The van der Waals surface area contributed by atoms with Crippen LogP contribution in [0.25, 0.3) is 0 Å². The number of hydrogen-bond acceptors (Lipinski definition) is 3. The summed E-state index contributed by atoms with van der Waals surface area (Å²) < 4.78 is 7.15. The Morgan fingerprint density at radius 2 is 2.38 bits per heavy atom. The van der Waals surface area contributed by atoms with Crippen molar-refractivity contribution in [1.82, 2.24) is 14.5 Å². The third-order valence-corrected chi connectivity index (χ3v) is 4.32. The number of nitrogens with zero attached hydrogens (tertiary/aromatic N) is 3. The van der Waals surface area contributed by atoms with Gasteiger partial charge in [-0.1, -0.05) is 0 Å². The van der Waals surface area contributed by atoms with E-state index < -0.39 is 0 Å². The number of hydrogen-bond donors (Lipinski definition) is 0. The number of aryl methyl sites for hydroxylation is 2. The normalized spacial score (nSPS) is 19.0. The molecule has 1 aromatic rings. The molecule has 2 heterocycles. The lowest BCUT2D eigenvalue weighted by Gasteiger charge is -2.33.